The fourth-order valence-electron chi connectivity index (χ4n) is 1.63. The minimum Gasteiger partial charge on any atom is -0.370 e. The summed E-state index contributed by atoms with van der Waals surface area (Å²) in [5.41, 5.74) is 8.59. The number of thiazole rings is 1. The second kappa shape index (κ2) is 6.33. The normalized spacial score (nSPS) is 10.4. The average molecular weight is 278 g/mol. The highest BCUT2D eigenvalue weighted by Crippen LogP contribution is 2.17. The number of anilines is 3. The highest BCUT2D eigenvalue weighted by Gasteiger charge is 2.08. The van der Waals surface area contributed by atoms with Gasteiger partial charge in [0.1, 0.15) is 11.6 Å². The first-order valence-corrected chi connectivity index (χ1v) is 7.10. The van der Waals surface area contributed by atoms with E-state index in [-0.39, 0.29) is 5.95 Å². The van der Waals surface area contributed by atoms with Crippen LogP contribution in [0.15, 0.2) is 17.0 Å². The number of nitrogens with two attached hydrogens (primary N) is 1. The summed E-state index contributed by atoms with van der Waals surface area (Å²) in [5, 5.41) is 5.24. The maximum atomic E-state index is 5.74. The van der Waals surface area contributed by atoms with Crippen LogP contribution in [0, 0.1) is 0 Å². The number of hydrogen-bond acceptors (Lipinski definition) is 7. The molecule has 0 aliphatic rings. The van der Waals surface area contributed by atoms with Crippen molar-refractivity contribution in [3.05, 3.63) is 22.7 Å². The summed E-state index contributed by atoms with van der Waals surface area (Å²) in [5.74, 6) is 1.83. The highest BCUT2D eigenvalue weighted by atomic mass is 32.1. The number of nitrogens with zero attached hydrogens (tertiary/aromatic N) is 4. The molecule has 0 saturated carbocycles. The summed E-state index contributed by atoms with van der Waals surface area (Å²) in [4.78, 5) is 14.7. The number of rotatable bonds is 6. The Kier molecular flexibility index (Phi) is 4.51. The summed E-state index contributed by atoms with van der Waals surface area (Å²) in [6.45, 7) is 3.67. The first-order chi connectivity index (χ1) is 9.19. The minimum absolute atomic E-state index is 0.279. The van der Waals surface area contributed by atoms with Crippen LogP contribution in [0.4, 0.5) is 17.6 Å². The van der Waals surface area contributed by atoms with Gasteiger partial charge in [-0.25, -0.2) is 4.98 Å². The van der Waals surface area contributed by atoms with E-state index in [1.54, 1.807) is 11.3 Å². The fraction of sp³-hybridized carbons (Fsp3) is 0.417. The lowest BCUT2D eigenvalue weighted by Gasteiger charge is -2.18. The highest BCUT2D eigenvalue weighted by molar-refractivity contribution is 7.07. The molecule has 0 atom stereocenters. The van der Waals surface area contributed by atoms with E-state index in [4.69, 9.17) is 5.73 Å². The van der Waals surface area contributed by atoms with Crippen LogP contribution in [0.5, 0.6) is 0 Å². The quantitative estimate of drug-likeness (QED) is 0.841. The molecule has 19 heavy (non-hydrogen) atoms. The molecule has 0 aromatic carbocycles. The van der Waals surface area contributed by atoms with E-state index in [1.165, 1.54) is 0 Å². The van der Waals surface area contributed by atoms with Crippen LogP contribution in [-0.2, 0) is 6.54 Å². The molecular weight excluding hydrogens is 260 g/mol. The molecule has 102 valence electrons. The topological polar surface area (TPSA) is 80.0 Å². The summed E-state index contributed by atoms with van der Waals surface area (Å²) < 4.78 is 0. The van der Waals surface area contributed by atoms with Gasteiger partial charge in [-0.1, -0.05) is 6.92 Å². The Balaban J connectivity index is 2.11. The number of aromatic nitrogens is 3. The van der Waals surface area contributed by atoms with Crippen LogP contribution >= 0.6 is 11.3 Å². The SMILES string of the molecule is CCCNc1cc(N(C)Cc2cscn2)nc(N)n1. The van der Waals surface area contributed by atoms with Crippen LogP contribution < -0.4 is 16.0 Å². The molecule has 0 spiro atoms. The van der Waals surface area contributed by atoms with Gasteiger partial charge in [-0.05, 0) is 6.42 Å². The molecule has 2 heterocycles. The smallest absolute Gasteiger partial charge is 0.223 e. The molecule has 0 aliphatic heterocycles. The predicted molar refractivity (Wildman–Crippen MR) is 79.4 cm³/mol. The summed E-state index contributed by atoms with van der Waals surface area (Å²) >= 11 is 1.59. The molecule has 0 fully saturated rings. The van der Waals surface area contributed by atoms with E-state index < -0.39 is 0 Å². The number of nitrogen functional groups attached to an aromatic ring is 1. The van der Waals surface area contributed by atoms with E-state index in [9.17, 15) is 0 Å². The fourth-order valence-corrected chi connectivity index (χ4v) is 2.18. The number of hydrogen-bond donors (Lipinski definition) is 2. The Hall–Kier alpha value is -1.89. The zero-order chi connectivity index (χ0) is 13.7. The molecule has 2 aromatic rings. The standard InChI is InChI=1S/C12H18N6S/c1-3-4-14-10-5-11(17-12(13)16-10)18(2)6-9-7-19-8-15-9/h5,7-8H,3-4,6H2,1-2H3,(H3,13,14,16,17). The maximum absolute atomic E-state index is 5.74. The van der Waals surface area contributed by atoms with E-state index in [1.807, 2.05) is 28.9 Å². The Morgan fingerprint density at radius 1 is 1.42 bits per heavy atom. The summed E-state index contributed by atoms with van der Waals surface area (Å²) in [7, 11) is 1.96. The van der Waals surface area contributed by atoms with Crippen molar-refractivity contribution < 1.29 is 0 Å². The van der Waals surface area contributed by atoms with Gasteiger partial charge in [0.2, 0.25) is 5.95 Å². The lowest BCUT2D eigenvalue weighted by Crippen LogP contribution is -2.19. The molecule has 0 aliphatic carbocycles. The minimum atomic E-state index is 0.279. The predicted octanol–water partition coefficient (Wildman–Crippen LogP) is 1.97. The van der Waals surface area contributed by atoms with E-state index in [0.29, 0.717) is 6.54 Å². The molecular formula is C12H18N6S. The molecule has 0 radical (unpaired) electrons. The zero-order valence-electron chi connectivity index (χ0n) is 11.1. The summed E-state index contributed by atoms with van der Waals surface area (Å²) in [6, 6.07) is 1.90. The van der Waals surface area contributed by atoms with Crippen molar-refractivity contribution >= 4 is 28.9 Å². The Labute approximate surface area is 116 Å². The monoisotopic (exact) mass is 278 g/mol. The van der Waals surface area contributed by atoms with Gasteiger partial charge in [0, 0.05) is 25.0 Å². The van der Waals surface area contributed by atoms with E-state index >= 15 is 0 Å². The second-order valence-corrected chi connectivity index (χ2v) is 4.95. The lowest BCUT2D eigenvalue weighted by molar-refractivity contribution is 0.869. The van der Waals surface area contributed by atoms with Crippen molar-refractivity contribution in [2.75, 3.05) is 29.5 Å². The molecule has 0 unspecified atom stereocenters. The third-order valence-corrected chi connectivity index (χ3v) is 3.20. The molecule has 3 N–H and O–H groups in total. The largest absolute Gasteiger partial charge is 0.370 e. The van der Waals surface area contributed by atoms with Crippen LogP contribution in [0.25, 0.3) is 0 Å². The molecule has 7 heteroatoms. The zero-order valence-corrected chi connectivity index (χ0v) is 11.9. The van der Waals surface area contributed by atoms with Crippen LogP contribution in [0.3, 0.4) is 0 Å². The van der Waals surface area contributed by atoms with Crippen molar-refractivity contribution in [2.45, 2.75) is 19.9 Å². The second-order valence-electron chi connectivity index (χ2n) is 4.23. The number of nitrogens with one attached hydrogen (secondary N) is 1. The summed E-state index contributed by atoms with van der Waals surface area (Å²) in [6.07, 6.45) is 1.04. The molecule has 0 bridgehead atoms. The van der Waals surface area contributed by atoms with Crippen molar-refractivity contribution in [1.82, 2.24) is 15.0 Å². The van der Waals surface area contributed by atoms with Crippen LogP contribution in [0.1, 0.15) is 19.0 Å². The third-order valence-electron chi connectivity index (χ3n) is 2.56. The molecule has 2 rings (SSSR count). The van der Waals surface area contributed by atoms with Crippen LogP contribution in [-0.4, -0.2) is 28.5 Å². The van der Waals surface area contributed by atoms with Crippen molar-refractivity contribution in [1.29, 1.82) is 0 Å². The molecule has 0 saturated heterocycles. The van der Waals surface area contributed by atoms with Crippen molar-refractivity contribution in [3.63, 3.8) is 0 Å². The van der Waals surface area contributed by atoms with Crippen molar-refractivity contribution in [3.8, 4) is 0 Å². The van der Waals surface area contributed by atoms with Gasteiger partial charge in [0.25, 0.3) is 0 Å². The van der Waals surface area contributed by atoms with Gasteiger partial charge in [-0.3, -0.25) is 0 Å². The third kappa shape index (κ3) is 3.78. The Morgan fingerprint density at radius 2 is 2.26 bits per heavy atom. The molecule has 0 amide bonds. The molecule has 6 nitrogen and oxygen atoms in total. The lowest BCUT2D eigenvalue weighted by atomic mass is 10.4. The molecule has 2 aromatic heterocycles. The van der Waals surface area contributed by atoms with Gasteiger partial charge in [0.15, 0.2) is 0 Å². The van der Waals surface area contributed by atoms with E-state index in [0.717, 1.165) is 30.3 Å². The first kappa shape index (κ1) is 13.5. The Morgan fingerprint density at radius 3 is 2.95 bits per heavy atom. The van der Waals surface area contributed by atoms with Gasteiger partial charge in [-0.15, -0.1) is 11.3 Å². The average Bonchev–Trinajstić information content (AvgIpc) is 2.88. The van der Waals surface area contributed by atoms with Gasteiger partial charge in [-0.2, -0.15) is 9.97 Å². The van der Waals surface area contributed by atoms with Crippen molar-refractivity contribution in [2.24, 2.45) is 0 Å². The van der Waals surface area contributed by atoms with Gasteiger partial charge < -0.3 is 16.0 Å². The first-order valence-electron chi connectivity index (χ1n) is 6.15. The Bertz CT molecular complexity index is 513. The van der Waals surface area contributed by atoms with E-state index in [2.05, 4.69) is 27.2 Å². The van der Waals surface area contributed by atoms with Gasteiger partial charge >= 0.3 is 0 Å². The van der Waals surface area contributed by atoms with Gasteiger partial charge in [0.05, 0.1) is 17.7 Å². The maximum Gasteiger partial charge on any atom is 0.223 e. The van der Waals surface area contributed by atoms with Crippen LogP contribution in [0.2, 0.25) is 0 Å².